The predicted molar refractivity (Wildman–Crippen MR) is 135 cm³/mol. The maximum atomic E-state index is 11.5. The third-order valence-corrected chi connectivity index (χ3v) is 8.27. The van der Waals surface area contributed by atoms with Gasteiger partial charge in [0.25, 0.3) is 0 Å². The molecule has 6 nitrogen and oxygen atoms in total. The SMILES string of the molecule is CN1CCC(O)(c2nc(-c3cccc(Cl)c3)c(-c3ccnc(NC4CCCCC4)n3)s2)CC1. The van der Waals surface area contributed by atoms with E-state index in [4.69, 9.17) is 21.6 Å². The fourth-order valence-corrected chi connectivity index (χ4v) is 6.10. The molecule has 0 bridgehead atoms. The van der Waals surface area contributed by atoms with E-state index in [1.165, 1.54) is 30.6 Å². The number of likely N-dealkylation sites (tertiary alicyclic amines) is 1. The first kappa shape index (κ1) is 22.7. The second kappa shape index (κ2) is 9.66. The van der Waals surface area contributed by atoms with E-state index in [9.17, 15) is 5.11 Å². The zero-order valence-corrected chi connectivity index (χ0v) is 20.5. The van der Waals surface area contributed by atoms with Crippen LogP contribution >= 0.6 is 22.9 Å². The number of nitrogens with zero attached hydrogens (tertiary/aromatic N) is 4. The molecule has 0 radical (unpaired) electrons. The lowest BCUT2D eigenvalue weighted by atomic mass is 9.92. The van der Waals surface area contributed by atoms with Crippen molar-refractivity contribution in [2.75, 3.05) is 25.5 Å². The number of hydrogen-bond acceptors (Lipinski definition) is 7. The van der Waals surface area contributed by atoms with E-state index in [1.54, 1.807) is 6.20 Å². The topological polar surface area (TPSA) is 74.2 Å². The molecule has 8 heteroatoms. The van der Waals surface area contributed by atoms with Crippen LogP contribution in [0.5, 0.6) is 0 Å². The summed E-state index contributed by atoms with van der Waals surface area (Å²) in [6.07, 6.45) is 9.28. The van der Waals surface area contributed by atoms with Crippen LogP contribution in [0.2, 0.25) is 5.02 Å². The average molecular weight is 484 g/mol. The van der Waals surface area contributed by atoms with Gasteiger partial charge < -0.3 is 15.3 Å². The van der Waals surface area contributed by atoms with Crippen LogP contribution in [0.1, 0.15) is 50.0 Å². The van der Waals surface area contributed by atoms with Crippen LogP contribution < -0.4 is 5.32 Å². The van der Waals surface area contributed by atoms with E-state index in [1.807, 2.05) is 30.3 Å². The van der Waals surface area contributed by atoms with E-state index < -0.39 is 5.60 Å². The number of anilines is 1. The quantitative estimate of drug-likeness (QED) is 0.493. The number of rotatable bonds is 5. The van der Waals surface area contributed by atoms with Gasteiger partial charge >= 0.3 is 0 Å². The minimum atomic E-state index is -0.918. The molecular formula is C25H30ClN5OS. The Hall–Kier alpha value is -2.06. The first-order valence-electron chi connectivity index (χ1n) is 11.8. The smallest absolute Gasteiger partial charge is 0.223 e. The molecule has 1 aliphatic carbocycles. The lowest BCUT2D eigenvalue weighted by Crippen LogP contribution is -2.40. The highest BCUT2D eigenvalue weighted by molar-refractivity contribution is 7.15. The third kappa shape index (κ3) is 5.06. The average Bonchev–Trinajstić information content (AvgIpc) is 3.29. The fourth-order valence-electron chi connectivity index (χ4n) is 4.71. The molecule has 2 aliphatic rings. The summed E-state index contributed by atoms with van der Waals surface area (Å²) in [5, 5.41) is 16.4. The van der Waals surface area contributed by atoms with Crippen molar-refractivity contribution in [2.24, 2.45) is 0 Å². The van der Waals surface area contributed by atoms with Crippen molar-refractivity contribution < 1.29 is 5.11 Å². The van der Waals surface area contributed by atoms with Crippen molar-refractivity contribution in [3.8, 4) is 21.8 Å². The van der Waals surface area contributed by atoms with Gasteiger partial charge in [0.05, 0.1) is 16.3 Å². The number of hydrogen-bond donors (Lipinski definition) is 2. The lowest BCUT2D eigenvalue weighted by molar-refractivity contribution is -0.0203. The van der Waals surface area contributed by atoms with Gasteiger partial charge in [0, 0.05) is 35.9 Å². The number of nitrogens with one attached hydrogen (secondary N) is 1. The Bertz CT molecular complexity index is 1110. The van der Waals surface area contributed by atoms with Crippen LogP contribution in [-0.2, 0) is 5.60 Å². The van der Waals surface area contributed by atoms with E-state index in [2.05, 4.69) is 22.2 Å². The number of aliphatic hydroxyl groups is 1. The van der Waals surface area contributed by atoms with Gasteiger partial charge in [-0.25, -0.2) is 15.0 Å². The van der Waals surface area contributed by atoms with Crippen molar-refractivity contribution in [1.82, 2.24) is 19.9 Å². The van der Waals surface area contributed by atoms with Crippen LogP contribution in [-0.4, -0.2) is 51.1 Å². The van der Waals surface area contributed by atoms with Gasteiger partial charge in [0.15, 0.2) is 0 Å². The normalized spacial score (nSPS) is 19.5. The highest BCUT2D eigenvalue weighted by atomic mass is 35.5. The Kier molecular flexibility index (Phi) is 6.65. The summed E-state index contributed by atoms with van der Waals surface area (Å²) in [7, 11) is 2.09. The second-order valence-electron chi connectivity index (χ2n) is 9.29. The van der Waals surface area contributed by atoms with Crippen LogP contribution in [0.3, 0.4) is 0 Å². The summed E-state index contributed by atoms with van der Waals surface area (Å²) in [4.78, 5) is 17.5. The minimum absolute atomic E-state index is 0.429. The van der Waals surface area contributed by atoms with Crippen molar-refractivity contribution in [1.29, 1.82) is 0 Å². The van der Waals surface area contributed by atoms with Gasteiger partial charge in [-0.15, -0.1) is 11.3 Å². The van der Waals surface area contributed by atoms with Crippen molar-refractivity contribution >= 4 is 28.9 Å². The Morgan fingerprint density at radius 1 is 1.12 bits per heavy atom. The van der Waals surface area contributed by atoms with E-state index in [-0.39, 0.29) is 0 Å². The summed E-state index contributed by atoms with van der Waals surface area (Å²) in [5.41, 5.74) is 1.64. The maximum absolute atomic E-state index is 11.5. The zero-order chi connectivity index (χ0) is 22.8. The molecule has 5 rings (SSSR count). The third-order valence-electron chi connectivity index (χ3n) is 6.76. The molecule has 0 spiro atoms. The zero-order valence-electron chi connectivity index (χ0n) is 18.9. The first-order chi connectivity index (χ1) is 16.0. The Morgan fingerprint density at radius 3 is 2.67 bits per heavy atom. The van der Waals surface area contributed by atoms with Crippen LogP contribution in [0.4, 0.5) is 5.95 Å². The second-order valence-corrected chi connectivity index (χ2v) is 10.7. The number of aromatic nitrogens is 3. The number of piperidine rings is 1. The lowest BCUT2D eigenvalue weighted by Gasteiger charge is -2.34. The fraction of sp³-hybridized carbons (Fsp3) is 0.480. The molecule has 174 valence electrons. The molecule has 1 saturated carbocycles. The van der Waals surface area contributed by atoms with Crippen LogP contribution in [0, 0.1) is 0 Å². The van der Waals surface area contributed by atoms with Crippen molar-refractivity contribution in [3.05, 3.63) is 46.6 Å². The molecular weight excluding hydrogens is 454 g/mol. The van der Waals surface area contributed by atoms with Gasteiger partial charge in [-0.2, -0.15) is 0 Å². The maximum Gasteiger partial charge on any atom is 0.223 e. The summed E-state index contributed by atoms with van der Waals surface area (Å²) in [5.74, 6) is 0.657. The van der Waals surface area contributed by atoms with Gasteiger partial charge in [-0.05, 0) is 50.9 Å². The number of halogens is 1. The summed E-state index contributed by atoms with van der Waals surface area (Å²) < 4.78 is 0. The predicted octanol–water partition coefficient (Wildman–Crippen LogP) is 5.58. The van der Waals surface area contributed by atoms with E-state index in [0.29, 0.717) is 29.9 Å². The molecule has 2 fully saturated rings. The molecule has 1 aromatic carbocycles. The molecule has 1 saturated heterocycles. The highest BCUT2D eigenvalue weighted by Gasteiger charge is 2.37. The first-order valence-corrected chi connectivity index (χ1v) is 13.0. The standard InChI is InChI=1S/C25H30ClN5OS/c1-31-14-11-25(32,12-15-31)23-30-21(17-6-5-7-18(26)16-17)22(33-23)20-10-13-27-24(29-20)28-19-8-3-2-4-9-19/h5-7,10,13,16,19,32H,2-4,8-9,11-12,14-15H2,1H3,(H,27,28,29). The van der Waals surface area contributed by atoms with Crippen molar-refractivity contribution in [2.45, 2.75) is 56.6 Å². The van der Waals surface area contributed by atoms with Gasteiger partial charge in [0.1, 0.15) is 10.6 Å². The minimum Gasteiger partial charge on any atom is -0.383 e. The van der Waals surface area contributed by atoms with Gasteiger partial charge in [-0.1, -0.05) is 43.0 Å². The molecule has 0 unspecified atom stereocenters. The van der Waals surface area contributed by atoms with Crippen LogP contribution in [0.15, 0.2) is 36.5 Å². The molecule has 3 aromatic rings. The largest absolute Gasteiger partial charge is 0.383 e. The molecule has 0 amide bonds. The highest BCUT2D eigenvalue weighted by Crippen LogP contribution is 2.43. The Morgan fingerprint density at radius 2 is 1.91 bits per heavy atom. The number of benzene rings is 1. The molecule has 0 atom stereocenters. The van der Waals surface area contributed by atoms with Gasteiger partial charge in [0.2, 0.25) is 5.95 Å². The van der Waals surface area contributed by atoms with Gasteiger partial charge in [-0.3, -0.25) is 0 Å². The van der Waals surface area contributed by atoms with Crippen molar-refractivity contribution in [3.63, 3.8) is 0 Å². The Labute approximate surface area is 204 Å². The molecule has 2 aromatic heterocycles. The molecule has 3 heterocycles. The summed E-state index contributed by atoms with van der Waals surface area (Å²) >= 11 is 7.84. The molecule has 33 heavy (non-hydrogen) atoms. The van der Waals surface area contributed by atoms with E-state index in [0.717, 1.165) is 52.8 Å². The van der Waals surface area contributed by atoms with E-state index >= 15 is 0 Å². The Balaban J connectivity index is 1.53. The monoisotopic (exact) mass is 483 g/mol. The molecule has 2 N–H and O–H groups in total. The summed E-state index contributed by atoms with van der Waals surface area (Å²) in [6.45, 7) is 1.70. The number of thiazole rings is 1. The molecule has 1 aliphatic heterocycles. The summed E-state index contributed by atoms with van der Waals surface area (Å²) in [6, 6.07) is 10.1. The van der Waals surface area contributed by atoms with Crippen LogP contribution in [0.25, 0.3) is 21.8 Å².